The summed E-state index contributed by atoms with van der Waals surface area (Å²) in [7, 11) is 0. The first kappa shape index (κ1) is 10.4. The lowest BCUT2D eigenvalue weighted by Gasteiger charge is -2.23. The molecule has 1 aliphatic rings. The lowest BCUT2D eigenvalue weighted by molar-refractivity contribution is 0.299. The number of thioether (sulfide) groups is 1. The molecular formula is C9H19NOS. The minimum Gasteiger partial charge on any atom is -0.395 e. The van der Waals surface area contributed by atoms with Gasteiger partial charge in [0.1, 0.15) is 0 Å². The Balaban J connectivity index is 2.05. The van der Waals surface area contributed by atoms with E-state index in [9.17, 15) is 0 Å². The maximum Gasteiger partial charge on any atom is 0.0547 e. The average molecular weight is 189 g/mol. The van der Waals surface area contributed by atoms with Gasteiger partial charge in [-0.3, -0.25) is 0 Å². The Morgan fingerprint density at radius 1 is 1.67 bits per heavy atom. The van der Waals surface area contributed by atoms with Crippen molar-refractivity contribution < 1.29 is 5.11 Å². The molecule has 1 heterocycles. The van der Waals surface area contributed by atoms with Crippen molar-refractivity contribution in [1.29, 1.82) is 0 Å². The van der Waals surface area contributed by atoms with Crippen molar-refractivity contribution in [1.82, 2.24) is 5.32 Å². The van der Waals surface area contributed by atoms with Crippen LogP contribution in [0.4, 0.5) is 0 Å². The Labute approximate surface area is 79.1 Å². The zero-order valence-corrected chi connectivity index (χ0v) is 8.57. The van der Waals surface area contributed by atoms with Gasteiger partial charge in [0.15, 0.2) is 0 Å². The minimum absolute atomic E-state index is 0.310. The van der Waals surface area contributed by atoms with Crippen molar-refractivity contribution in [3.63, 3.8) is 0 Å². The summed E-state index contributed by atoms with van der Waals surface area (Å²) in [6.45, 7) is 4.76. The van der Waals surface area contributed by atoms with E-state index in [2.05, 4.69) is 12.2 Å². The highest BCUT2D eigenvalue weighted by molar-refractivity contribution is 7.99. The molecule has 0 aromatic heterocycles. The van der Waals surface area contributed by atoms with Gasteiger partial charge < -0.3 is 10.4 Å². The van der Waals surface area contributed by atoms with Gasteiger partial charge in [-0.1, -0.05) is 6.92 Å². The second-order valence-corrected chi connectivity index (χ2v) is 5.01. The molecule has 0 amide bonds. The van der Waals surface area contributed by atoms with Gasteiger partial charge in [-0.25, -0.2) is 0 Å². The third-order valence-electron chi connectivity index (χ3n) is 2.27. The van der Waals surface area contributed by atoms with E-state index < -0.39 is 0 Å². The molecule has 2 atom stereocenters. The van der Waals surface area contributed by atoms with E-state index in [0.717, 1.165) is 5.92 Å². The molecule has 3 heteroatoms. The number of piperidine rings is 1. The van der Waals surface area contributed by atoms with Crippen LogP contribution in [0.15, 0.2) is 0 Å². The summed E-state index contributed by atoms with van der Waals surface area (Å²) in [6.07, 6.45) is 2.68. The first-order valence-corrected chi connectivity index (χ1v) is 5.81. The summed E-state index contributed by atoms with van der Waals surface area (Å²) in [5.74, 6) is 2.03. The largest absolute Gasteiger partial charge is 0.395 e. The first-order chi connectivity index (χ1) is 5.83. The zero-order chi connectivity index (χ0) is 8.81. The third-order valence-corrected chi connectivity index (χ3v) is 3.65. The van der Waals surface area contributed by atoms with Crippen molar-refractivity contribution >= 4 is 11.8 Å². The molecule has 1 rings (SSSR count). The highest BCUT2D eigenvalue weighted by Crippen LogP contribution is 2.19. The lowest BCUT2D eigenvalue weighted by atomic mass is 10.0. The van der Waals surface area contributed by atoms with E-state index in [1.54, 1.807) is 0 Å². The predicted octanol–water partition coefficient (Wildman–Crippen LogP) is 1.10. The molecule has 0 aliphatic carbocycles. The van der Waals surface area contributed by atoms with Gasteiger partial charge in [0.25, 0.3) is 0 Å². The van der Waals surface area contributed by atoms with Crippen LogP contribution in [0.5, 0.6) is 0 Å². The zero-order valence-electron chi connectivity index (χ0n) is 7.75. The van der Waals surface area contributed by atoms with Gasteiger partial charge in [0.05, 0.1) is 6.61 Å². The fourth-order valence-corrected chi connectivity index (χ4v) is 2.41. The number of hydrogen-bond donors (Lipinski definition) is 2. The Morgan fingerprint density at radius 3 is 3.08 bits per heavy atom. The van der Waals surface area contributed by atoms with Crippen molar-refractivity contribution in [2.75, 3.05) is 25.4 Å². The maximum absolute atomic E-state index is 8.83. The third kappa shape index (κ3) is 3.78. The Morgan fingerprint density at radius 2 is 2.50 bits per heavy atom. The van der Waals surface area contributed by atoms with E-state index in [-0.39, 0.29) is 0 Å². The molecule has 0 bridgehead atoms. The number of aliphatic hydroxyl groups excluding tert-OH is 1. The SMILES string of the molecule is CC(CO)SCC1CCCNC1. The Bertz CT molecular complexity index is 115. The summed E-state index contributed by atoms with van der Waals surface area (Å²) in [4.78, 5) is 0. The first-order valence-electron chi connectivity index (χ1n) is 4.76. The molecule has 1 saturated heterocycles. The second kappa shape index (κ2) is 5.84. The van der Waals surface area contributed by atoms with Crippen LogP contribution in [-0.4, -0.2) is 35.8 Å². The van der Waals surface area contributed by atoms with Crippen molar-refractivity contribution in [3.05, 3.63) is 0 Å². The van der Waals surface area contributed by atoms with Gasteiger partial charge in [-0.2, -0.15) is 11.8 Å². The quantitative estimate of drug-likeness (QED) is 0.694. The van der Waals surface area contributed by atoms with E-state index in [4.69, 9.17) is 5.11 Å². The van der Waals surface area contributed by atoms with Crippen molar-refractivity contribution in [2.45, 2.75) is 25.0 Å². The molecule has 1 fully saturated rings. The summed E-state index contributed by atoms with van der Waals surface area (Å²) in [6, 6.07) is 0. The standard InChI is InChI=1S/C9H19NOS/c1-8(6-11)12-7-9-3-2-4-10-5-9/h8-11H,2-7H2,1H3. The molecule has 1 aliphatic heterocycles. The van der Waals surface area contributed by atoms with Crippen LogP contribution in [-0.2, 0) is 0 Å². The van der Waals surface area contributed by atoms with Crippen molar-refractivity contribution in [2.24, 2.45) is 5.92 Å². The molecule has 2 N–H and O–H groups in total. The highest BCUT2D eigenvalue weighted by atomic mass is 32.2. The van der Waals surface area contributed by atoms with Gasteiger partial charge >= 0.3 is 0 Å². The van der Waals surface area contributed by atoms with Crippen LogP contribution < -0.4 is 5.32 Å². The molecule has 72 valence electrons. The molecule has 2 unspecified atom stereocenters. The molecule has 0 saturated carbocycles. The predicted molar refractivity (Wildman–Crippen MR) is 54.6 cm³/mol. The van der Waals surface area contributed by atoms with Crippen LogP contribution in [0.25, 0.3) is 0 Å². The monoisotopic (exact) mass is 189 g/mol. The number of hydrogen-bond acceptors (Lipinski definition) is 3. The smallest absolute Gasteiger partial charge is 0.0547 e. The molecule has 2 nitrogen and oxygen atoms in total. The number of aliphatic hydroxyl groups is 1. The van der Waals surface area contributed by atoms with Crippen LogP contribution in [0.1, 0.15) is 19.8 Å². The molecule has 0 spiro atoms. The minimum atomic E-state index is 0.310. The van der Waals surface area contributed by atoms with E-state index in [1.807, 2.05) is 11.8 Å². The van der Waals surface area contributed by atoms with Crippen LogP contribution in [0, 0.1) is 5.92 Å². The average Bonchev–Trinajstić information content (AvgIpc) is 2.16. The Hall–Kier alpha value is 0.270. The fourth-order valence-electron chi connectivity index (χ4n) is 1.42. The van der Waals surface area contributed by atoms with Gasteiger partial charge in [0.2, 0.25) is 0 Å². The molecule has 0 aromatic rings. The molecule has 0 radical (unpaired) electrons. The van der Waals surface area contributed by atoms with Gasteiger partial charge in [-0.05, 0) is 37.6 Å². The van der Waals surface area contributed by atoms with Crippen LogP contribution in [0.3, 0.4) is 0 Å². The second-order valence-electron chi connectivity index (χ2n) is 3.54. The van der Waals surface area contributed by atoms with E-state index in [1.165, 1.54) is 31.7 Å². The van der Waals surface area contributed by atoms with Gasteiger partial charge in [0, 0.05) is 5.25 Å². The molecule has 12 heavy (non-hydrogen) atoms. The Kier molecular flexibility index (Phi) is 5.04. The lowest BCUT2D eigenvalue weighted by Crippen LogP contribution is -2.31. The van der Waals surface area contributed by atoms with Crippen molar-refractivity contribution in [3.8, 4) is 0 Å². The molecule has 0 aromatic carbocycles. The number of rotatable bonds is 4. The highest BCUT2D eigenvalue weighted by Gasteiger charge is 2.13. The summed E-state index contributed by atoms with van der Waals surface area (Å²) >= 11 is 1.89. The topological polar surface area (TPSA) is 32.3 Å². The van der Waals surface area contributed by atoms with Crippen LogP contribution >= 0.6 is 11.8 Å². The molecular weight excluding hydrogens is 170 g/mol. The maximum atomic E-state index is 8.83. The van der Waals surface area contributed by atoms with E-state index >= 15 is 0 Å². The van der Waals surface area contributed by atoms with Crippen LogP contribution in [0.2, 0.25) is 0 Å². The normalized spacial score (nSPS) is 27.0. The summed E-state index contributed by atoms with van der Waals surface area (Å²) < 4.78 is 0. The summed E-state index contributed by atoms with van der Waals surface area (Å²) in [5.41, 5.74) is 0. The fraction of sp³-hybridized carbons (Fsp3) is 1.00. The van der Waals surface area contributed by atoms with Gasteiger partial charge in [-0.15, -0.1) is 0 Å². The summed E-state index contributed by atoms with van der Waals surface area (Å²) in [5, 5.41) is 12.6. The van der Waals surface area contributed by atoms with E-state index in [0.29, 0.717) is 11.9 Å². The number of nitrogens with one attached hydrogen (secondary N) is 1.